The van der Waals surface area contributed by atoms with Crippen LogP contribution in [0.5, 0.6) is 0 Å². The summed E-state index contributed by atoms with van der Waals surface area (Å²) in [5.41, 5.74) is 7.52. The normalized spacial score (nSPS) is 15.8. The van der Waals surface area contributed by atoms with Crippen LogP contribution in [0.4, 0.5) is 0 Å². The number of imidazole rings is 1. The summed E-state index contributed by atoms with van der Waals surface area (Å²) in [5.74, 6) is 0.906. The molecule has 0 bridgehead atoms. The minimum absolute atomic E-state index is 0.147. The van der Waals surface area contributed by atoms with Crippen molar-refractivity contribution in [2.75, 3.05) is 0 Å². The van der Waals surface area contributed by atoms with Gasteiger partial charge in [0, 0.05) is 0 Å². The molecule has 5 nitrogen and oxygen atoms in total. The van der Waals surface area contributed by atoms with Crippen molar-refractivity contribution >= 4 is 16.9 Å². The maximum Gasteiger partial charge on any atom is 0.237 e. The predicted octanol–water partition coefficient (Wildman–Crippen LogP) is 2.11. The highest BCUT2D eigenvalue weighted by Gasteiger charge is 2.24. The summed E-state index contributed by atoms with van der Waals surface area (Å²) in [6, 6.07) is 7.18. The Hall–Kier alpha value is -1.88. The van der Waals surface area contributed by atoms with E-state index in [4.69, 9.17) is 5.73 Å². The fraction of sp³-hybridized carbons (Fsp3) is 0.467. The van der Waals surface area contributed by atoms with Gasteiger partial charge in [0.25, 0.3) is 0 Å². The molecule has 0 aliphatic carbocycles. The molecule has 2 aromatic rings. The topological polar surface area (TPSA) is 83.8 Å². The Balaban J connectivity index is 2.32. The molecule has 0 aliphatic heterocycles. The second-order valence-electron chi connectivity index (χ2n) is 5.30. The van der Waals surface area contributed by atoms with E-state index in [1.165, 1.54) is 0 Å². The number of benzene rings is 1. The second kappa shape index (κ2) is 6.05. The average Bonchev–Trinajstić information content (AvgIpc) is 2.86. The number of carbonyl (C=O) groups excluding carboxylic acids is 1. The van der Waals surface area contributed by atoms with Crippen LogP contribution in [0.1, 0.15) is 39.1 Å². The number of hydrogen-bond donors (Lipinski definition) is 3. The monoisotopic (exact) mass is 274 g/mol. The van der Waals surface area contributed by atoms with Crippen LogP contribution in [0.3, 0.4) is 0 Å². The van der Waals surface area contributed by atoms with E-state index in [1.807, 2.05) is 24.3 Å². The quantitative estimate of drug-likeness (QED) is 0.780. The fourth-order valence-electron chi connectivity index (χ4n) is 2.12. The molecule has 108 valence electrons. The Kier molecular flexibility index (Phi) is 4.39. The van der Waals surface area contributed by atoms with Gasteiger partial charge in [0.15, 0.2) is 0 Å². The predicted molar refractivity (Wildman–Crippen MR) is 80.1 cm³/mol. The Morgan fingerprint density at radius 2 is 2.10 bits per heavy atom. The number of nitrogens with two attached hydrogens (primary N) is 1. The van der Waals surface area contributed by atoms with Crippen molar-refractivity contribution in [3.05, 3.63) is 30.1 Å². The number of fused-ring (bicyclic) bond motifs is 1. The van der Waals surface area contributed by atoms with Gasteiger partial charge < -0.3 is 16.0 Å². The Labute approximate surface area is 119 Å². The lowest BCUT2D eigenvalue weighted by molar-refractivity contribution is -0.123. The van der Waals surface area contributed by atoms with Gasteiger partial charge in [0.2, 0.25) is 5.91 Å². The molecular formula is C15H22N4O. The molecule has 4 N–H and O–H groups in total. The minimum atomic E-state index is -0.522. The summed E-state index contributed by atoms with van der Waals surface area (Å²) in [6.07, 6.45) is 0.945. The molecule has 1 heterocycles. The fourth-order valence-corrected chi connectivity index (χ4v) is 2.12. The van der Waals surface area contributed by atoms with Gasteiger partial charge in [-0.1, -0.05) is 32.4 Å². The standard InChI is InChI=1S/C15H22N4O/c1-4-9(2)13(19-15(20)10(3)16)14-17-11-7-5-6-8-12(11)18-14/h5-10,13H,4,16H2,1-3H3,(H,17,18)(H,19,20). The highest BCUT2D eigenvalue weighted by atomic mass is 16.2. The molecule has 0 radical (unpaired) electrons. The van der Waals surface area contributed by atoms with Crippen molar-refractivity contribution in [2.24, 2.45) is 11.7 Å². The van der Waals surface area contributed by atoms with Gasteiger partial charge in [-0.05, 0) is 25.0 Å². The zero-order valence-corrected chi connectivity index (χ0v) is 12.2. The van der Waals surface area contributed by atoms with Gasteiger partial charge in [0.1, 0.15) is 5.82 Å². The van der Waals surface area contributed by atoms with Gasteiger partial charge >= 0.3 is 0 Å². The Bertz CT molecular complexity index is 557. The van der Waals surface area contributed by atoms with Crippen LogP contribution in [-0.4, -0.2) is 21.9 Å². The first-order valence-corrected chi connectivity index (χ1v) is 7.03. The van der Waals surface area contributed by atoms with Crippen LogP contribution in [-0.2, 0) is 4.79 Å². The van der Waals surface area contributed by atoms with E-state index in [-0.39, 0.29) is 17.9 Å². The number of hydrogen-bond acceptors (Lipinski definition) is 3. The molecular weight excluding hydrogens is 252 g/mol. The maximum absolute atomic E-state index is 11.9. The zero-order valence-electron chi connectivity index (χ0n) is 12.2. The van der Waals surface area contributed by atoms with Crippen LogP contribution in [0.15, 0.2) is 24.3 Å². The van der Waals surface area contributed by atoms with Gasteiger partial charge in [-0.3, -0.25) is 4.79 Å². The molecule has 0 aliphatic rings. The molecule has 2 rings (SSSR count). The summed E-state index contributed by atoms with van der Waals surface area (Å²) >= 11 is 0. The van der Waals surface area contributed by atoms with E-state index in [1.54, 1.807) is 6.92 Å². The summed E-state index contributed by atoms with van der Waals surface area (Å²) in [7, 11) is 0. The van der Waals surface area contributed by atoms with Crippen molar-refractivity contribution in [1.82, 2.24) is 15.3 Å². The lowest BCUT2D eigenvalue weighted by Gasteiger charge is -2.23. The van der Waals surface area contributed by atoms with Crippen molar-refractivity contribution < 1.29 is 4.79 Å². The van der Waals surface area contributed by atoms with Crippen LogP contribution in [0.25, 0.3) is 11.0 Å². The van der Waals surface area contributed by atoms with E-state index >= 15 is 0 Å². The third-order valence-electron chi connectivity index (χ3n) is 3.63. The number of rotatable bonds is 5. The lowest BCUT2D eigenvalue weighted by atomic mass is 9.98. The molecule has 3 unspecified atom stereocenters. The molecule has 3 atom stereocenters. The number of aromatic amines is 1. The number of nitrogens with zero attached hydrogens (tertiary/aromatic N) is 1. The van der Waals surface area contributed by atoms with Crippen LogP contribution < -0.4 is 11.1 Å². The number of nitrogens with one attached hydrogen (secondary N) is 2. The van der Waals surface area contributed by atoms with Crippen LogP contribution in [0.2, 0.25) is 0 Å². The second-order valence-corrected chi connectivity index (χ2v) is 5.30. The Morgan fingerprint density at radius 3 is 2.70 bits per heavy atom. The van der Waals surface area contributed by atoms with Crippen molar-refractivity contribution in [2.45, 2.75) is 39.3 Å². The first-order valence-electron chi connectivity index (χ1n) is 7.03. The van der Waals surface area contributed by atoms with E-state index in [9.17, 15) is 4.79 Å². The number of carbonyl (C=O) groups is 1. The summed E-state index contributed by atoms with van der Waals surface area (Å²) < 4.78 is 0. The number of para-hydroxylation sites is 2. The molecule has 20 heavy (non-hydrogen) atoms. The van der Waals surface area contributed by atoms with Gasteiger partial charge in [-0.2, -0.15) is 0 Å². The van der Waals surface area contributed by atoms with Crippen molar-refractivity contribution in [3.8, 4) is 0 Å². The summed E-state index contributed by atoms with van der Waals surface area (Å²) in [4.78, 5) is 19.8. The third-order valence-corrected chi connectivity index (χ3v) is 3.63. The van der Waals surface area contributed by atoms with Gasteiger partial charge in [0.05, 0.1) is 23.1 Å². The summed E-state index contributed by atoms with van der Waals surface area (Å²) in [5, 5.41) is 2.99. The summed E-state index contributed by atoms with van der Waals surface area (Å²) in [6.45, 7) is 5.87. The van der Waals surface area contributed by atoms with E-state index in [0.717, 1.165) is 23.3 Å². The number of H-pyrrole nitrogens is 1. The molecule has 5 heteroatoms. The first kappa shape index (κ1) is 14.5. The average molecular weight is 274 g/mol. The zero-order chi connectivity index (χ0) is 14.7. The highest BCUT2D eigenvalue weighted by Crippen LogP contribution is 2.24. The number of amides is 1. The molecule has 1 amide bonds. The molecule has 0 fully saturated rings. The van der Waals surface area contributed by atoms with Gasteiger partial charge in [-0.15, -0.1) is 0 Å². The molecule has 0 spiro atoms. The van der Waals surface area contributed by atoms with Crippen LogP contribution in [0, 0.1) is 5.92 Å². The smallest absolute Gasteiger partial charge is 0.237 e. The maximum atomic E-state index is 11.9. The third kappa shape index (κ3) is 2.99. The number of aromatic nitrogens is 2. The first-order chi connectivity index (χ1) is 9.52. The largest absolute Gasteiger partial charge is 0.345 e. The van der Waals surface area contributed by atoms with Gasteiger partial charge in [-0.25, -0.2) is 4.98 Å². The minimum Gasteiger partial charge on any atom is -0.345 e. The molecule has 1 aromatic carbocycles. The van der Waals surface area contributed by atoms with E-state index in [0.29, 0.717) is 0 Å². The molecule has 0 saturated heterocycles. The van der Waals surface area contributed by atoms with Crippen LogP contribution >= 0.6 is 0 Å². The molecule has 0 saturated carbocycles. The van der Waals surface area contributed by atoms with Crippen molar-refractivity contribution in [3.63, 3.8) is 0 Å². The SMILES string of the molecule is CCC(C)C(NC(=O)C(C)N)c1nc2ccccc2[nH]1. The van der Waals surface area contributed by atoms with E-state index < -0.39 is 6.04 Å². The Morgan fingerprint density at radius 1 is 1.40 bits per heavy atom. The van der Waals surface area contributed by atoms with Crippen molar-refractivity contribution in [1.29, 1.82) is 0 Å². The molecule has 1 aromatic heterocycles. The lowest BCUT2D eigenvalue weighted by Crippen LogP contribution is -2.42. The van der Waals surface area contributed by atoms with E-state index in [2.05, 4.69) is 29.1 Å². The highest BCUT2D eigenvalue weighted by molar-refractivity contribution is 5.81.